The van der Waals surface area contributed by atoms with E-state index in [2.05, 4.69) is 27.8 Å². The lowest BCUT2D eigenvalue weighted by atomic mass is 9.96. The molecule has 1 atom stereocenters. The number of hydrogen-bond acceptors (Lipinski definition) is 4. The Hall–Kier alpha value is -1.69. The first-order chi connectivity index (χ1) is 12.2. The number of aliphatic hydroxyl groups is 1. The van der Waals surface area contributed by atoms with Gasteiger partial charge in [0.05, 0.1) is 25.5 Å². The highest BCUT2D eigenvalue weighted by Crippen LogP contribution is 2.19. The summed E-state index contributed by atoms with van der Waals surface area (Å²) in [7, 11) is 0. The number of hydrogen-bond donors (Lipinski definition) is 1. The number of aryl methyl sites for hydroxylation is 1. The van der Waals surface area contributed by atoms with Crippen LogP contribution in [0.4, 0.5) is 0 Å². The van der Waals surface area contributed by atoms with Crippen molar-refractivity contribution in [2.45, 2.75) is 39.0 Å². The monoisotopic (exact) mass is 343 g/mol. The van der Waals surface area contributed by atoms with Crippen molar-refractivity contribution in [3.8, 4) is 0 Å². The highest BCUT2D eigenvalue weighted by Gasteiger charge is 2.21. The molecule has 3 rings (SSSR count). The van der Waals surface area contributed by atoms with Crippen LogP contribution in [0.5, 0.6) is 0 Å². The van der Waals surface area contributed by atoms with Gasteiger partial charge in [0.25, 0.3) is 0 Å². The van der Waals surface area contributed by atoms with Crippen molar-refractivity contribution < 1.29 is 9.84 Å². The minimum absolute atomic E-state index is 0.390. The quantitative estimate of drug-likeness (QED) is 0.800. The van der Waals surface area contributed by atoms with E-state index in [1.807, 2.05) is 36.5 Å². The topological polar surface area (TPSA) is 50.5 Å². The van der Waals surface area contributed by atoms with Gasteiger partial charge in [0.2, 0.25) is 0 Å². The summed E-state index contributed by atoms with van der Waals surface area (Å²) in [6.45, 7) is 6.81. The molecule has 25 heavy (non-hydrogen) atoms. The van der Waals surface area contributed by atoms with Gasteiger partial charge >= 0.3 is 0 Å². The standard InChI is InChI=1S/C20H29N3O2/c1-17-11-21-23(12-17)13-18-7-9-22(10-8-18)14-20(24)16-25-15-19-5-3-2-4-6-19/h2-6,11-12,18,20,24H,7-10,13-16H2,1H3/t20-/m1/s1. The number of rotatable bonds is 8. The Kier molecular flexibility index (Phi) is 6.62. The van der Waals surface area contributed by atoms with E-state index in [0.717, 1.165) is 38.0 Å². The molecule has 1 aliphatic rings. The maximum atomic E-state index is 10.2. The fraction of sp³-hybridized carbons (Fsp3) is 0.550. The summed E-state index contributed by atoms with van der Waals surface area (Å²) < 4.78 is 7.69. The molecular formula is C20H29N3O2. The van der Waals surface area contributed by atoms with Crippen molar-refractivity contribution in [2.75, 3.05) is 26.2 Å². The molecule has 0 unspecified atom stereocenters. The molecule has 0 bridgehead atoms. The van der Waals surface area contributed by atoms with Crippen LogP contribution in [0.25, 0.3) is 0 Å². The first kappa shape index (κ1) is 18.1. The van der Waals surface area contributed by atoms with Crippen molar-refractivity contribution >= 4 is 0 Å². The zero-order valence-electron chi connectivity index (χ0n) is 15.1. The molecule has 1 N–H and O–H groups in total. The zero-order chi connectivity index (χ0) is 17.5. The largest absolute Gasteiger partial charge is 0.389 e. The van der Waals surface area contributed by atoms with Crippen molar-refractivity contribution in [3.05, 3.63) is 53.9 Å². The molecule has 136 valence electrons. The second-order valence-electron chi connectivity index (χ2n) is 7.14. The molecule has 1 aromatic heterocycles. The van der Waals surface area contributed by atoms with Crippen molar-refractivity contribution in [1.29, 1.82) is 0 Å². The van der Waals surface area contributed by atoms with E-state index in [1.165, 1.54) is 5.56 Å². The van der Waals surface area contributed by atoms with E-state index in [-0.39, 0.29) is 0 Å². The number of piperidine rings is 1. The van der Waals surface area contributed by atoms with Gasteiger partial charge in [-0.15, -0.1) is 0 Å². The fourth-order valence-electron chi connectivity index (χ4n) is 3.42. The molecular weight excluding hydrogens is 314 g/mol. The van der Waals surface area contributed by atoms with Gasteiger partial charge in [-0.1, -0.05) is 30.3 Å². The molecule has 2 heterocycles. The van der Waals surface area contributed by atoms with Crippen LogP contribution < -0.4 is 0 Å². The molecule has 0 amide bonds. The molecule has 0 aliphatic carbocycles. The maximum absolute atomic E-state index is 10.2. The lowest BCUT2D eigenvalue weighted by molar-refractivity contribution is 0.00393. The summed E-state index contributed by atoms with van der Waals surface area (Å²) in [5, 5.41) is 14.6. The Morgan fingerprint density at radius 3 is 2.68 bits per heavy atom. The number of nitrogens with zero attached hydrogens (tertiary/aromatic N) is 3. The van der Waals surface area contributed by atoms with Crippen LogP contribution in [-0.2, 0) is 17.9 Å². The van der Waals surface area contributed by atoms with Gasteiger partial charge in [-0.3, -0.25) is 4.68 Å². The third-order valence-electron chi connectivity index (χ3n) is 4.81. The minimum Gasteiger partial charge on any atom is -0.389 e. The molecule has 1 aliphatic heterocycles. The van der Waals surface area contributed by atoms with Crippen LogP contribution in [0.15, 0.2) is 42.7 Å². The molecule has 1 aromatic carbocycles. The third-order valence-corrected chi connectivity index (χ3v) is 4.81. The molecule has 2 aromatic rings. The number of β-amino-alcohol motifs (C(OH)–C–C–N with tert-alkyl or cyclic N) is 1. The van der Waals surface area contributed by atoms with Crippen LogP contribution in [0.3, 0.4) is 0 Å². The fourth-order valence-corrected chi connectivity index (χ4v) is 3.42. The summed E-state index contributed by atoms with van der Waals surface area (Å²) >= 11 is 0. The van der Waals surface area contributed by atoms with Crippen LogP contribution in [0.2, 0.25) is 0 Å². The van der Waals surface area contributed by atoms with Gasteiger partial charge in [0.15, 0.2) is 0 Å². The minimum atomic E-state index is -0.422. The van der Waals surface area contributed by atoms with E-state index in [0.29, 0.717) is 25.7 Å². The van der Waals surface area contributed by atoms with Gasteiger partial charge in [0.1, 0.15) is 0 Å². The normalized spacial score (nSPS) is 17.7. The Balaban J connectivity index is 1.31. The van der Waals surface area contributed by atoms with E-state index >= 15 is 0 Å². The Bertz CT molecular complexity index is 621. The van der Waals surface area contributed by atoms with Crippen LogP contribution in [-0.4, -0.2) is 52.1 Å². The summed E-state index contributed by atoms with van der Waals surface area (Å²) in [6.07, 6.45) is 5.93. The van der Waals surface area contributed by atoms with E-state index in [1.54, 1.807) is 0 Å². The highest BCUT2D eigenvalue weighted by molar-refractivity contribution is 5.13. The Morgan fingerprint density at radius 1 is 1.24 bits per heavy atom. The first-order valence-electron chi connectivity index (χ1n) is 9.20. The number of ether oxygens (including phenoxy) is 1. The van der Waals surface area contributed by atoms with Crippen LogP contribution >= 0.6 is 0 Å². The van der Waals surface area contributed by atoms with Crippen molar-refractivity contribution in [3.63, 3.8) is 0 Å². The van der Waals surface area contributed by atoms with Gasteiger partial charge in [0, 0.05) is 19.3 Å². The molecule has 1 fully saturated rings. The number of likely N-dealkylation sites (tertiary alicyclic amines) is 1. The average Bonchev–Trinajstić information content (AvgIpc) is 3.02. The molecule has 0 saturated carbocycles. The average molecular weight is 343 g/mol. The molecule has 0 radical (unpaired) electrons. The first-order valence-corrected chi connectivity index (χ1v) is 9.20. The van der Waals surface area contributed by atoms with Crippen molar-refractivity contribution in [1.82, 2.24) is 14.7 Å². The maximum Gasteiger partial charge on any atom is 0.0900 e. The molecule has 0 spiro atoms. The van der Waals surface area contributed by atoms with E-state index in [9.17, 15) is 5.11 Å². The van der Waals surface area contributed by atoms with Crippen molar-refractivity contribution in [2.24, 2.45) is 5.92 Å². The summed E-state index contributed by atoms with van der Waals surface area (Å²) in [5.41, 5.74) is 2.36. The van der Waals surface area contributed by atoms with E-state index in [4.69, 9.17) is 4.74 Å². The number of benzene rings is 1. The molecule has 1 saturated heterocycles. The zero-order valence-corrected chi connectivity index (χ0v) is 15.1. The third kappa shape index (κ3) is 5.96. The summed E-state index contributed by atoms with van der Waals surface area (Å²) in [5.74, 6) is 0.682. The number of aliphatic hydroxyl groups excluding tert-OH is 1. The Labute approximate surface area is 150 Å². The van der Waals surface area contributed by atoms with Gasteiger partial charge in [-0.05, 0) is 49.9 Å². The predicted octanol–water partition coefficient (Wildman–Crippen LogP) is 2.48. The van der Waals surface area contributed by atoms with Gasteiger partial charge in [-0.25, -0.2) is 0 Å². The second-order valence-corrected chi connectivity index (χ2v) is 7.14. The summed E-state index contributed by atoms with van der Waals surface area (Å²) in [4.78, 5) is 2.35. The van der Waals surface area contributed by atoms with Crippen LogP contribution in [0, 0.1) is 12.8 Å². The summed E-state index contributed by atoms with van der Waals surface area (Å²) in [6, 6.07) is 10.1. The highest BCUT2D eigenvalue weighted by atomic mass is 16.5. The van der Waals surface area contributed by atoms with E-state index < -0.39 is 6.10 Å². The molecule has 5 nitrogen and oxygen atoms in total. The van der Waals surface area contributed by atoms with Gasteiger partial charge in [-0.2, -0.15) is 5.10 Å². The van der Waals surface area contributed by atoms with Gasteiger partial charge < -0.3 is 14.7 Å². The second kappa shape index (κ2) is 9.13. The van der Waals surface area contributed by atoms with Crippen LogP contribution in [0.1, 0.15) is 24.0 Å². The smallest absolute Gasteiger partial charge is 0.0900 e. The molecule has 5 heteroatoms. The predicted molar refractivity (Wildman–Crippen MR) is 98.2 cm³/mol. The Morgan fingerprint density at radius 2 is 2.00 bits per heavy atom. The lowest BCUT2D eigenvalue weighted by Gasteiger charge is -2.33. The lowest BCUT2D eigenvalue weighted by Crippen LogP contribution is -2.41. The SMILES string of the molecule is Cc1cnn(CC2CCN(C[C@@H](O)COCc3ccccc3)CC2)c1. The number of aromatic nitrogens is 2.